The summed E-state index contributed by atoms with van der Waals surface area (Å²) in [6.07, 6.45) is 2.13. The molecule has 0 saturated carbocycles. The molecule has 1 aromatic carbocycles. The van der Waals surface area contributed by atoms with Gasteiger partial charge >= 0.3 is 0 Å². The molecule has 0 aliphatic rings. The fourth-order valence-corrected chi connectivity index (χ4v) is 3.76. The fraction of sp³-hybridized carbons (Fsp3) is 0.375. The molecule has 2 aromatic rings. The lowest BCUT2D eigenvalue weighted by atomic mass is 10.1. The topological polar surface area (TPSA) is 12.0 Å². The molecule has 21 heavy (non-hydrogen) atoms. The molecule has 0 saturated heterocycles. The quantitative estimate of drug-likeness (QED) is 0.620. The summed E-state index contributed by atoms with van der Waals surface area (Å²) in [5.41, 5.74) is 0.436. The average Bonchev–Trinajstić information content (AvgIpc) is 2.92. The molecule has 1 unspecified atom stereocenters. The Balaban J connectivity index is 2.33. The number of halogens is 3. The Labute approximate surface area is 136 Å². The molecule has 1 nitrogen and oxygen atoms in total. The van der Waals surface area contributed by atoms with Gasteiger partial charge in [-0.1, -0.05) is 20.3 Å². The third-order valence-corrected chi connectivity index (χ3v) is 5.11. The first-order chi connectivity index (χ1) is 10.1. The van der Waals surface area contributed by atoms with Crippen LogP contribution in [-0.2, 0) is 0 Å². The van der Waals surface area contributed by atoms with Crippen LogP contribution in [0.1, 0.15) is 37.6 Å². The Hall–Kier alpha value is -0.780. The van der Waals surface area contributed by atoms with Crippen LogP contribution in [0.25, 0.3) is 10.4 Å². The van der Waals surface area contributed by atoms with Crippen LogP contribution in [-0.4, -0.2) is 6.54 Å². The van der Waals surface area contributed by atoms with Gasteiger partial charge in [-0.3, -0.25) is 0 Å². The molecule has 0 spiro atoms. The Morgan fingerprint density at radius 2 is 1.95 bits per heavy atom. The predicted molar refractivity (Wildman–Crippen MR) is 88.7 cm³/mol. The van der Waals surface area contributed by atoms with Crippen molar-refractivity contribution in [3.05, 3.63) is 45.2 Å². The monoisotopic (exact) mass is 373 g/mol. The fourth-order valence-electron chi connectivity index (χ4n) is 2.28. The summed E-state index contributed by atoms with van der Waals surface area (Å²) in [5, 5.41) is 3.45. The van der Waals surface area contributed by atoms with Crippen LogP contribution in [0.4, 0.5) is 8.78 Å². The second-order valence-corrected chi connectivity index (χ2v) is 6.82. The first-order valence-corrected chi connectivity index (χ1v) is 8.65. The lowest BCUT2D eigenvalue weighted by molar-refractivity contribution is 0.516. The number of hydrogen-bond donors (Lipinski definition) is 1. The number of hydrogen-bond acceptors (Lipinski definition) is 2. The minimum Gasteiger partial charge on any atom is -0.310 e. The zero-order valence-corrected chi connectivity index (χ0v) is 14.5. The zero-order valence-electron chi connectivity index (χ0n) is 12.1. The van der Waals surface area contributed by atoms with Crippen LogP contribution >= 0.6 is 27.3 Å². The highest BCUT2D eigenvalue weighted by Crippen LogP contribution is 2.36. The lowest BCUT2D eigenvalue weighted by Crippen LogP contribution is -2.19. The van der Waals surface area contributed by atoms with Gasteiger partial charge in [-0.25, -0.2) is 8.78 Å². The van der Waals surface area contributed by atoms with Crippen molar-refractivity contribution in [3.8, 4) is 10.4 Å². The Morgan fingerprint density at radius 1 is 1.19 bits per heavy atom. The molecule has 0 aliphatic heterocycles. The molecular weight excluding hydrogens is 356 g/mol. The van der Waals surface area contributed by atoms with Crippen LogP contribution < -0.4 is 5.32 Å². The highest BCUT2D eigenvalue weighted by molar-refractivity contribution is 9.10. The minimum atomic E-state index is -0.579. The van der Waals surface area contributed by atoms with Crippen molar-refractivity contribution in [1.82, 2.24) is 5.32 Å². The van der Waals surface area contributed by atoms with Gasteiger partial charge in [-0.05, 0) is 47.1 Å². The molecule has 1 atom stereocenters. The van der Waals surface area contributed by atoms with Crippen molar-refractivity contribution in [1.29, 1.82) is 0 Å². The maximum absolute atomic E-state index is 14.0. The minimum absolute atomic E-state index is 0.283. The van der Waals surface area contributed by atoms with Crippen LogP contribution in [0.2, 0.25) is 0 Å². The second kappa shape index (κ2) is 7.47. The van der Waals surface area contributed by atoms with Crippen LogP contribution in [0.5, 0.6) is 0 Å². The molecule has 5 heteroatoms. The van der Waals surface area contributed by atoms with Crippen molar-refractivity contribution >= 4 is 27.3 Å². The molecule has 1 aromatic heterocycles. The van der Waals surface area contributed by atoms with Gasteiger partial charge in [0.05, 0.1) is 4.47 Å². The number of thiophene rings is 1. The number of nitrogens with one attached hydrogen (secondary N) is 1. The second-order valence-electron chi connectivity index (χ2n) is 4.85. The highest BCUT2D eigenvalue weighted by Gasteiger charge is 2.16. The lowest BCUT2D eigenvalue weighted by Gasteiger charge is -2.15. The van der Waals surface area contributed by atoms with E-state index >= 15 is 0 Å². The zero-order chi connectivity index (χ0) is 15.4. The summed E-state index contributed by atoms with van der Waals surface area (Å²) in [4.78, 5) is 2.01. The van der Waals surface area contributed by atoms with Gasteiger partial charge in [0, 0.05) is 27.4 Å². The summed E-state index contributed by atoms with van der Waals surface area (Å²) in [6.45, 7) is 5.12. The first kappa shape index (κ1) is 16.6. The number of benzene rings is 1. The Bertz CT molecular complexity index is 606. The maximum Gasteiger partial charge on any atom is 0.140 e. The summed E-state index contributed by atoms with van der Waals surface area (Å²) in [5.74, 6) is -1.11. The number of rotatable bonds is 6. The normalized spacial score (nSPS) is 12.6. The van der Waals surface area contributed by atoms with E-state index < -0.39 is 11.6 Å². The molecule has 0 bridgehead atoms. The predicted octanol–water partition coefficient (Wildman–Crippen LogP) is 5.91. The van der Waals surface area contributed by atoms with E-state index in [2.05, 4.69) is 35.1 Å². The smallest absolute Gasteiger partial charge is 0.140 e. The summed E-state index contributed by atoms with van der Waals surface area (Å²) >= 11 is 4.67. The first-order valence-electron chi connectivity index (χ1n) is 7.04. The van der Waals surface area contributed by atoms with Crippen molar-refractivity contribution in [3.63, 3.8) is 0 Å². The molecular formula is C16H18BrF2NS. The Morgan fingerprint density at radius 3 is 2.62 bits per heavy atom. The Kier molecular flexibility index (Phi) is 5.90. The van der Waals surface area contributed by atoms with E-state index in [0.29, 0.717) is 11.6 Å². The van der Waals surface area contributed by atoms with E-state index in [1.54, 1.807) is 11.3 Å². The third kappa shape index (κ3) is 3.90. The van der Waals surface area contributed by atoms with E-state index in [-0.39, 0.29) is 4.47 Å². The van der Waals surface area contributed by atoms with Gasteiger partial charge in [0.25, 0.3) is 0 Å². The largest absolute Gasteiger partial charge is 0.310 e. The van der Waals surface area contributed by atoms with Crippen LogP contribution in [0, 0.1) is 11.6 Å². The van der Waals surface area contributed by atoms with Gasteiger partial charge in [-0.15, -0.1) is 11.3 Å². The van der Waals surface area contributed by atoms with Gasteiger partial charge in [0.2, 0.25) is 0 Å². The van der Waals surface area contributed by atoms with E-state index in [0.717, 1.165) is 30.3 Å². The molecule has 0 aliphatic carbocycles. The van der Waals surface area contributed by atoms with Crippen molar-refractivity contribution in [2.75, 3.05) is 6.54 Å². The molecule has 1 heterocycles. The van der Waals surface area contributed by atoms with Crippen LogP contribution in [0.15, 0.2) is 28.7 Å². The van der Waals surface area contributed by atoms with Crippen molar-refractivity contribution in [2.24, 2.45) is 0 Å². The molecule has 0 fully saturated rings. The van der Waals surface area contributed by atoms with Gasteiger partial charge in [0.15, 0.2) is 0 Å². The van der Waals surface area contributed by atoms with Crippen LogP contribution in [0.3, 0.4) is 0 Å². The van der Waals surface area contributed by atoms with Crippen molar-refractivity contribution < 1.29 is 8.78 Å². The SMILES string of the molecule is CCCC(NCC)c1ccc(-c2cc(Br)c(F)cc2F)s1. The molecule has 0 amide bonds. The van der Waals surface area contributed by atoms with Gasteiger partial charge < -0.3 is 5.32 Å². The summed E-state index contributed by atoms with van der Waals surface area (Å²) in [6, 6.07) is 6.66. The van der Waals surface area contributed by atoms with E-state index in [4.69, 9.17) is 0 Å². The summed E-state index contributed by atoms with van der Waals surface area (Å²) < 4.78 is 27.6. The molecule has 1 N–H and O–H groups in total. The third-order valence-electron chi connectivity index (χ3n) is 3.27. The highest BCUT2D eigenvalue weighted by atomic mass is 79.9. The van der Waals surface area contributed by atoms with E-state index in [9.17, 15) is 8.78 Å². The summed E-state index contributed by atoms with van der Waals surface area (Å²) in [7, 11) is 0. The van der Waals surface area contributed by atoms with E-state index in [1.807, 2.05) is 12.1 Å². The average molecular weight is 374 g/mol. The molecule has 0 radical (unpaired) electrons. The van der Waals surface area contributed by atoms with E-state index in [1.165, 1.54) is 10.9 Å². The maximum atomic E-state index is 14.0. The molecule has 114 valence electrons. The van der Waals surface area contributed by atoms with Gasteiger partial charge in [0.1, 0.15) is 11.6 Å². The van der Waals surface area contributed by atoms with Crippen molar-refractivity contribution in [2.45, 2.75) is 32.7 Å². The standard InChI is InChI=1S/C16H18BrF2NS/c1-3-5-14(20-4-2)16-7-6-15(21-16)10-8-11(17)13(19)9-12(10)18/h6-9,14,20H,3-5H2,1-2H3. The molecule has 2 rings (SSSR count). The van der Waals surface area contributed by atoms with Gasteiger partial charge in [-0.2, -0.15) is 0 Å².